The second-order valence-electron chi connectivity index (χ2n) is 5.58. The Bertz CT molecular complexity index is 930. The van der Waals surface area contributed by atoms with Crippen molar-refractivity contribution in [3.8, 4) is 5.88 Å². The Morgan fingerprint density at radius 2 is 2.00 bits per heavy atom. The van der Waals surface area contributed by atoms with Crippen molar-refractivity contribution in [2.45, 2.75) is 6.42 Å². The second-order valence-corrected chi connectivity index (χ2v) is 5.58. The van der Waals surface area contributed by atoms with Gasteiger partial charge in [-0.25, -0.2) is 0 Å². The number of nitrogens with one attached hydrogen (secondary N) is 1. The van der Waals surface area contributed by atoms with Crippen LogP contribution in [0.15, 0.2) is 53.5 Å². The van der Waals surface area contributed by atoms with E-state index in [1.807, 2.05) is 36.4 Å². The molecule has 6 nitrogen and oxygen atoms in total. The first-order valence-corrected chi connectivity index (χ1v) is 7.87. The molecule has 1 heterocycles. The average Bonchev–Trinajstić information content (AvgIpc) is 2.94. The summed E-state index contributed by atoms with van der Waals surface area (Å²) >= 11 is 0. The van der Waals surface area contributed by atoms with Gasteiger partial charge in [-0.15, -0.1) is 0 Å². The lowest BCUT2D eigenvalue weighted by Crippen LogP contribution is -2.07. The number of methoxy groups -OCH3 is 1. The first-order valence-electron chi connectivity index (χ1n) is 7.87. The molecule has 0 fully saturated rings. The standard InChI is InChI=1S/C19H19N3O3/c1-25-16(23)9-10-21-18(12-5-3-2-4-6-12)17-14-11-13(20)7-8-15(14)22-19(17)24/h2-8,11,22,24H,9-10,20H2,1H3. The van der Waals surface area contributed by atoms with Crippen molar-refractivity contribution in [1.82, 2.24) is 4.98 Å². The smallest absolute Gasteiger partial charge is 0.307 e. The van der Waals surface area contributed by atoms with Gasteiger partial charge in [0.2, 0.25) is 0 Å². The molecule has 0 atom stereocenters. The first-order chi connectivity index (χ1) is 12.1. The highest BCUT2D eigenvalue weighted by molar-refractivity contribution is 6.21. The van der Waals surface area contributed by atoms with Crippen LogP contribution in [0.1, 0.15) is 17.5 Å². The minimum absolute atomic E-state index is 0.0151. The fraction of sp³-hybridized carbons (Fsp3) is 0.158. The monoisotopic (exact) mass is 337 g/mol. The number of nitrogens with two attached hydrogens (primary N) is 1. The van der Waals surface area contributed by atoms with Crippen LogP contribution in [0.2, 0.25) is 0 Å². The number of ether oxygens (including phenoxy) is 1. The van der Waals surface area contributed by atoms with Crippen LogP contribution < -0.4 is 5.73 Å². The highest BCUT2D eigenvalue weighted by Gasteiger charge is 2.18. The molecule has 0 aliphatic heterocycles. The van der Waals surface area contributed by atoms with Gasteiger partial charge in [-0.2, -0.15) is 0 Å². The third kappa shape index (κ3) is 3.47. The molecule has 4 N–H and O–H groups in total. The molecule has 0 unspecified atom stereocenters. The van der Waals surface area contributed by atoms with Gasteiger partial charge in [0.05, 0.1) is 31.4 Å². The van der Waals surface area contributed by atoms with Gasteiger partial charge in [0.15, 0.2) is 5.88 Å². The summed E-state index contributed by atoms with van der Waals surface area (Å²) in [6.07, 6.45) is 0.165. The van der Waals surface area contributed by atoms with Gasteiger partial charge in [0.1, 0.15) is 0 Å². The molecule has 1 aromatic heterocycles. The summed E-state index contributed by atoms with van der Waals surface area (Å²) in [5.74, 6) is -0.315. The average molecular weight is 337 g/mol. The predicted molar refractivity (Wildman–Crippen MR) is 98.0 cm³/mol. The van der Waals surface area contributed by atoms with Crippen molar-refractivity contribution < 1.29 is 14.6 Å². The second kappa shape index (κ2) is 7.09. The largest absolute Gasteiger partial charge is 0.494 e. The number of nitrogen functional groups attached to an aromatic ring is 1. The van der Waals surface area contributed by atoms with E-state index in [2.05, 4.69) is 14.7 Å². The van der Waals surface area contributed by atoms with Gasteiger partial charge in [0, 0.05) is 22.2 Å². The highest BCUT2D eigenvalue weighted by atomic mass is 16.5. The Balaban J connectivity index is 2.12. The quantitative estimate of drug-likeness (QED) is 0.378. The van der Waals surface area contributed by atoms with E-state index in [0.717, 1.165) is 16.5 Å². The number of esters is 1. The predicted octanol–water partition coefficient (Wildman–Crippen LogP) is 2.86. The normalized spacial score (nSPS) is 11.6. The minimum Gasteiger partial charge on any atom is -0.494 e. The summed E-state index contributed by atoms with van der Waals surface area (Å²) in [5.41, 5.74) is 9.26. The van der Waals surface area contributed by atoms with Crippen molar-refractivity contribution in [2.75, 3.05) is 19.4 Å². The van der Waals surface area contributed by atoms with Crippen molar-refractivity contribution in [3.05, 3.63) is 59.7 Å². The summed E-state index contributed by atoms with van der Waals surface area (Å²) in [5, 5.41) is 11.2. The summed E-state index contributed by atoms with van der Waals surface area (Å²) in [6, 6.07) is 14.9. The van der Waals surface area contributed by atoms with Crippen LogP contribution in [0.25, 0.3) is 10.9 Å². The maximum atomic E-state index is 11.4. The Morgan fingerprint density at radius 3 is 2.72 bits per heavy atom. The number of hydrogen-bond donors (Lipinski definition) is 3. The number of aliphatic imine (C=N–C) groups is 1. The third-order valence-electron chi connectivity index (χ3n) is 3.90. The number of benzene rings is 2. The van der Waals surface area contributed by atoms with Crippen LogP contribution in [0.4, 0.5) is 5.69 Å². The number of H-pyrrole nitrogens is 1. The number of hydrogen-bond acceptors (Lipinski definition) is 5. The van der Waals surface area contributed by atoms with E-state index in [9.17, 15) is 9.90 Å². The molecule has 25 heavy (non-hydrogen) atoms. The van der Waals surface area contributed by atoms with Crippen molar-refractivity contribution in [3.63, 3.8) is 0 Å². The van der Waals surface area contributed by atoms with Crippen LogP contribution in [0, 0.1) is 0 Å². The lowest BCUT2D eigenvalue weighted by molar-refractivity contribution is -0.140. The lowest BCUT2D eigenvalue weighted by atomic mass is 10.0. The molecule has 0 saturated heterocycles. The van der Waals surface area contributed by atoms with E-state index < -0.39 is 0 Å². The number of carbonyl (C=O) groups excluding carboxylic acids is 1. The number of aromatic hydroxyl groups is 1. The molecule has 0 aliphatic rings. The van der Waals surface area contributed by atoms with E-state index >= 15 is 0 Å². The van der Waals surface area contributed by atoms with Gasteiger partial charge >= 0.3 is 5.97 Å². The van der Waals surface area contributed by atoms with Gasteiger partial charge in [0.25, 0.3) is 0 Å². The summed E-state index contributed by atoms with van der Waals surface area (Å²) in [4.78, 5) is 18.9. The van der Waals surface area contributed by atoms with E-state index in [0.29, 0.717) is 17.0 Å². The number of aromatic amines is 1. The van der Waals surface area contributed by atoms with Crippen molar-refractivity contribution in [1.29, 1.82) is 0 Å². The van der Waals surface area contributed by atoms with Gasteiger partial charge in [-0.1, -0.05) is 30.3 Å². The number of fused-ring (bicyclic) bond motifs is 1. The molecule has 0 aliphatic carbocycles. The van der Waals surface area contributed by atoms with E-state index in [1.54, 1.807) is 12.1 Å². The zero-order valence-electron chi connectivity index (χ0n) is 13.8. The molecule has 3 rings (SSSR count). The summed E-state index contributed by atoms with van der Waals surface area (Å²) < 4.78 is 4.66. The Morgan fingerprint density at radius 1 is 1.24 bits per heavy atom. The van der Waals surface area contributed by atoms with Crippen molar-refractivity contribution >= 4 is 28.3 Å². The zero-order valence-corrected chi connectivity index (χ0v) is 13.8. The van der Waals surface area contributed by atoms with Gasteiger partial charge in [-0.05, 0) is 18.2 Å². The van der Waals surface area contributed by atoms with Crippen molar-refractivity contribution in [2.24, 2.45) is 4.99 Å². The number of aromatic nitrogens is 1. The van der Waals surface area contributed by atoms with Crippen LogP contribution in [0.5, 0.6) is 5.88 Å². The zero-order chi connectivity index (χ0) is 17.8. The summed E-state index contributed by atoms with van der Waals surface area (Å²) in [7, 11) is 1.35. The molecule has 6 heteroatoms. The van der Waals surface area contributed by atoms with E-state index in [4.69, 9.17) is 5.73 Å². The SMILES string of the molecule is COC(=O)CCN=C(c1ccccc1)c1c(O)[nH]c2ccc(N)cc12. The molecule has 3 aromatic rings. The fourth-order valence-electron chi connectivity index (χ4n) is 2.71. The van der Waals surface area contributed by atoms with E-state index in [-0.39, 0.29) is 24.8 Å². The Kier molecular flexibility index (Phi) is 4.70. The Labute approximate surface area is 145 Å². The minimum atomic E-state index is -0.330. The van der Waals surface area contributed by atoms with Gasteiger partial charge < -0.3 is 20.6 Å². The topological polar surface area (TPSA) is 101 Å². The maximum absolute atomic E-state index is 11.4. The number of rotatable bonds is 5. The van der Waals surface area contributed by atoms with Crippen LogP contribution in [0.3, 0.4) is 0 Å². The fourth-order valence-corrected chi connectivity index (χ4v) is 2.71. The molecule has 0 amide bonds. The highest BCUT2D eigenvalue weighted by Crippen LogP contribution is 2.31. The number of anilines is 1. The number of nitrogens with zero attached hydrogens (tertiary/aromatic N) is 1. The van der Waals surface area contributed by atoms with Gasteiger partial charge in [-0.3, -0.25) is 9.79 Å². The van der Waals surface area contributed by atoms with E-state index in [1.165, 1.54) is 7.11 Å². The van der Waals surface area contributed by atoms with Crippen LogP contribution in [-0.4, -0.2) is 35.4 Å². The number of carbonyl (C=O) groups is 1. The molecular weight excluding hydrogens is 318 g/mol. The van der Waals surface area contributed by atoms with Crippen LogP contribution in [-0.2, 0) is 9.53 Å². The molecule has 0 radical (unpaired) electrons. The molecule has 0 bridgehead atoms. The maximum Gasteiger partial charge on any atom is 0.307 e. The van der Waals surface area contributed by atoms with Crippen LogP contribution >= 0.6 is 0 Å². The third-order valence-corrected chi connectivity index (χ3v) is 3.90. The summed E-state index contributed by atoms with van der Waals surface area (Å²) in [6.45, 7) is 0.255. The molecule has 2 aromatic carbocycles. The molecular formula is C19H19N3O3. The molecule has 0 saturated carbocycles. The first kappa shape index (κ1) is 16.6. The Hall–Kier alpha value is -3.28. The lowest BCUT2D eigenvalue weighted by Gasteiger charge is -2.08. The molecule has 0 spiro atoms. The molecule has 128 valence electrons.